The number of fused-ring (bicyclic) bond motifs is 1. The highest BCUT2D eigenvalue weighted by atomic mass is 16.3. The van der Waals surface area contributed by atoms with Crippen LogP contribution < -0.4 is 0 Å². The zero-order valence-electron chi connectivity index (χ0n) is 12.2. The average Bonchev–Trinajstić information content (AvgIpc) is 3.00. The molecule has 0 unspecified atom stereocenters. The SMILES string of the molecule is Cc1cccnc1C(=O)CCC(=O)c1ccc2occc2c1. The lowest BCUT2D eigenvalue weighted by Crippen LogP contribution is -2.08. The summed E-state index contributed by atoms with van der Waals surface area (Å²) >= 11 is 0. The van der Waals surface area contributed by atoms with Gasteiger partial charge in [0.25, 0.3) is 0 Å². The van der Waals surface area contributed by atoms with Gasteiger partial charge in [0, 0.05) is 30.0 Å². The number of hydrogen-bond acceptors (Lipinski definition) is 4. The molecule has 0 bridgehead atoms. The summed E-state index contributed by atoms with van der Waals surface area (Å²) in [5.74, 6) is -0.152. The number of pyridine rings is 1. The molecule has 3 aromatic rings. The minimum atomic E-state index is -0.101. The third-order valence-corrected chi connectivity index (χ3v) is 3.63. The number of hydrogen-bond donors (Lipinski definition) is 0. The Morgan fingerprint density at radius 1 is 1.09 bits per heavy atom. The van der Waals surface area contributed by atoms with Gasteiger partial charge < -0.3 is 4.42 Å². The maximum atomic E-state index is 12.2. The van der Waals surface area contributed by atoms with Gasteiger partial charge in [-0.05, 0) is 42.8 Å². The van der Waals surface area contributed by atoms with Crippen molar-refractivity contribution in [2.45, 2.75) is 19.8 Å². The van der Waals surface area contributed by atoms with Crippen molar-refractivity contribution in [2.24, 2.45) is 0 Å². The van der Waals surface area contributed by atoms with E-state index >= 15 is 0 Å². The van der Waals surface area contributed by atoms with Gasteiger partial charge in [-0.15, -0.1) is 0 Å². The van der Waals surface area contributed by atoms with Crippen LogP contribution in [-0.2, 0) is 0 Å². The number of ketones is 2. The predicted octanol–water partition coefficient (Wildman–Crippen LogP) is 3.98. The van der Waals surface area contributed by atoms with Crippen LogP contribution in [0.5, 0.6) is 0 Å². The maximum absolute atomic E-state index is 12.2. The normalized spacial score (nSPS) is 10.8. The Balaban J connectivity index is 1.69. The Labute approximate surface area is 127 Å². The van der Waals surface area contributed by atoms with E-state index in [1.807, 2.05) is 19.1 Å². The highest BCUT2D eigenvalue weighted by Crippen LogP contribution is 2.18. The summed E-state index contributed by atoms with van der Waals surface area (Å²) in [5.41, 5.74) is 2.62. The van der Waals surface area contributed by atoms with Crippen molar-refractivity contribution in [3.63, 3.8) is 0 Å². The second kappa shape index (κ2) is 5.93. The molecule has 0 spiro atoms. The number of carbonyl (C=O) groups excluding carboxylic acids is 2. The molecule has 110 valence electrons. The van der Waals surface area contributed by atoms with E-state index in [1.165, 1.54) is 0 Å². The molecule has 0 aliphatic carbocycles. The van der Waals surface area contributed by atoms with Crippen LogP contribution in [-0.4, -0.2) is 16.6 Å². The van der Waals surface area contributed by atoms with Crippen LogP contribution in [0.15, 0.2) is 53.3 Å². The molecule has 2 aromatic heterocycles. The Morgan fingerprint density at radius 2 is 1.91 bits per heavy atom. The van der Waals surface area contributed by atoms with Crippen molar-refractivity contribution in [1.82, 2.24) is 4.98 Å². The quantitative estimate of drug-likeness (QED) is 0.667. The zero-order chi connectivity index (χ0) is 15.5. The minimum Gasteiger partial charge on any atom is -0.464 e. The van der Waals surface area contributed by atoms with Crippen molar-refractivity contribution in [3.8, 4) is 0 Å². The first kappa shape index (κ1) is 14.2. The van der Waals surface area contributed by atoms with Crippen LogP contribution in [0.1, 0.15) is 39.3 Å². The third kappa shape index (κ3) is 2.81. The fourth-order valence-electron chi connectivity index (χ4n) is 2.41. The van der Waals surface area contributed by atoms with E-state index in [-0.39, 0.29) is 24.4 Å². The molecule has 0 amide bonds. The zero-order valence-corrected chi connectivity index (χ0v) is 12.2. The van der Waals surface area contributed by atoms with Crippen LogP contribution in [0.4, 0.5) is 0 Å². The fraction of sp³-hybridized carbons (Fsp3) is 0.167. The van der Waals surface area contributed by atoms with Gasteiger partial charge in [-0.3, -0.25) is 14.6 Å². The van der Waals surface area contributed by atoms with E-state index in [0.29, 0.717) is 11.3 Å². The molecule has 0 N–H and O–H groups in total. The van der Waals surface area contributed by atoms with E-state index in [4.69, 9.17) is 4.42 Å². The number of carbonyl (C=O) groups is 2. The van der Waals surface area contributed by atoms with Crippen molar-refractivity contribution in [2.75, 3.05) is 0 Å². The molecule has 1 aromatic carbocycles. The van der Waals surface area contributed by atoms with Crippen LogP contribution in [0.3, 0.4) is 0 Å². The maximum Gasteiger partial charge on any atom is 0.181 e. The topological polar surface area (TPSA) is 60.2 Å². The van der Waals surface area contributed by atoms with Gasteiger partial charge in [-0.1, -0.05) is 6.07 Å². The summed E-state index contributed by atoms with van der Waals surface area (Å²) in [6.45, 7) is 1.84. The highest BCUT2D eigenvalue weighted by Gasteiger charge is 2.14. The molecule has 3 rings (SSSR count). The third-order valence-electron chi connectivity index (χ3n) is 3.63. The molecule has 22 heavy (non-hydrogen) atoms. The standard InChI is InChI=1S/C18H15NO3/c1-12-3-2-9-19-18(12)16(21)6-5-15(20)13-4-7-17-14(11-13)8-10-22-17/h2-4,7-11H,5-6H2,1H3. The van der Waals surface area contributed by atoms with E-state index in [1.54, 1.807) is 36.7 Å². The fourth-order valence-corrected chi connectivity index (χ4v) is 2.41. The molecule has 0 fully saturated rings. The first-order valence-electron chi connectivity index (χ1n) is 7.10. The van der Waals surface area contributed by atoms with Gasteiger partial charge in [0.1, 0.15) is 11.3 Å². The molecule has 0 radical (unpaired) electrons. The number of rotatable bonds is 5. The Bertz CT molecular complexity index is 848. The monoisotopic (exact) mass is 293 g/mol. The average molecular weight is 293 g/mol. The second-order valence-corrected chi connectivity index (χ2v) is 5.19. The predicted molar refractivity (Wildman–Crippen MR) is 83.1 cm³/mol. The molecular formula is C18H15NO3. The van der Waals surface area contributed by atoms with Crippen molar-refractivity contribution in [3.05, 3.63) is 65.7 Å². The van der Waals surface area contributed by atoms with E-state index in [2.05, 4.69) is 4.98 Å². The molecule has 0 aliphatic rings. The molecular weight excluding hydrogens is 278 g/mol. The number of Topliss-reactive ketones (excluding diaryl/α,β-unsaturated/α-hetero) is 2. The van der Waals surface area contributed by atoms with Gasteiger partial charge >= 0.3 is 0 Å². The van der Waals surface area contributed by atoms with E-state index in [0.717, 1.165) is 16.5 Å². The van der Waals surface area contributed by atoms with Crippen LogP contribution in [0, 0.1) is 6.92 Å². The molecule has 0 saturated carbocycles. The molecule has 2 heterocycles. The summed E-state index contributed by atoms with van der Waals surface area (Å²) in [5, 5.41) is 0.887. The summed E-state index contributed by atoms with van der Waals surface area (Å²) < 4.78 is 5.25. The molecule has 4 nitrogen and oxygen atoms in total. The van der Waals surface area contributed by atoms with Gasteiger partial charge in [-0.25, -0.2) is 0 Å². The second-order valence-electron chi connectivity index (χ2n) is 5.19. The summed E-state index contributed by atoms with van der Waals surface area (Å²) in [6, 6.07) is 10.7. The molecule has 0 atom stereocenters. The smallest absolute Gasteiger partial charge is 0.181 e. The minimum absolute atomic E-state index is 0.0509. The Hall–Kier alpha value is -2.75. The van der Waals surface area contributed by atoms with Gasteiger partial charge in [-0.2, -0.15) is 0 Å². The van der Waals surface area contributed by atoms with E-state index < -0.39 is 0 Å². The van der Waals surface area contributed by atoms with Crippen molar-refractivity contribution < 1.29 is 14.0 Å². The molecule has 0 aliphatic heterocycles. The van der Waals surface area contributed by atoms with Crippen LogP contribution in [0.2, 0.25) is 0 Å². The van der Waals surface area contributed by atoms with Gasteiger partial charge in [0.05, 0.1) is 6.26 Å². The first-order valence-corrected chi connectivity index (χ1v) is 7.10. The number of aromatic nitrogens is 1. The number of furan rings is 1. The van der Waals surface area contributed by atoms with Gasteiger partial charge in [0.15, 0.2) is 11.6 Å². The molecule has 0 saturated heterocycles. The van der Waals surface area contributed by atoms with Crippen LogP contribution in [0.25, 0.3) is 11.0 Å². The molecule has 4 heteroatoms. The largest absolute Gasteiger partial charge is 0.464 e. The van der Waals surface area contributed by atoms with Crippen LogP contribution >= 0.6 is 0 Å². The lowest BCUT2D eigenvalue weighted by Gasteiger charge is -2.04. The van der Waals surface area contributed by atoms with Crippen molar-refractivity contribution >= 4 is 22.5 Å². The lowest BCUT2D eigenvalue weighted by atomic mass is 10.0. The number of nitrogens with zero attached hydrogens (tertiary/aromatic N) is 1. The highest BCUT2D eigenvalue weighted by molar-refractivity contribution is 6.03. The number of aryl methyl sites for hydroxylation is 1. The summed E-state index contributed by atoms with van der Waals surface area (Å²) in [4.78, 5) is 28.5. The van der Waals surface area contributed by atoms with Crippen molar-refractivity contribution in [1.29, 1.82) is 0 Å². The van der Waals surface area contributed by atoms with E-state index in [9.17, 15) is 9.59 Å². The van der Waals surface area contributed by atoms with Gasteiger partial charge in [0.2, 0.25) is 0 Å². The number of benzene rings is 1. The summed E-state index contributed by atoms with van der Waals surface area (Å²) in [6.07, 6.45) is 3.53. The first-order chi connectivity index (χ1) is 10.6. The Morgan fingerprint density at radius 3 is 2.73 bits per heavy atom. The lowest BCUT2D eigenvalue weighted by molar-refractivity contribution is 0.0914. The summed E-state index contributed by atoms with van der Waals surface area (Å²) in [7, 11) is 0. The Kier molecular flexibility index (Phi) is 3.83.